The summed E-state index contributed by atoms with van der Waals surface area (Å²) in [7, 11) is 0. The molecule has 3 nitrogen and oxygen atoms in total. The predicted molar refractivity (Wildman–Crippen MR) is 83.7 cm³/mol. The number of nitriles is 1. The number of nitrogens with zero attached hydrogens (tertiary/aromatic N) is 2. The van der Waals surface area contributed by atoms with Gasteiger partial charge in [-0.1, -0.05) is 36.9 Å². The SMILES string of the molecule is C=C/C=C(\C=C/C)Nn1cc(CC#N)c2ccccc21. The van der Waals surface area contributed by atoms with Crippen molar-refractivity contribution >= 4 is 10.9 Å². The van der Waals surface area contributed by atoms with Crippen LogP contribution < -0.4 is 5.43 Å². The zero-order chi connectivity index (χ0) is 14.4. The number of benzene rings is 1. The Labute approximate surface area is 119 Å². The van der Waals surface area contributed by atoms with Crippen LogP contribution in [0.25, 0.3) is 10.9 Å². The quantitative estimate of drug-likeness (QED) is 0.831. The summed E-state index contributed by atoms with van der Waals surface area (Å²) in [5, 5.41) is 10.0. The molecule has 0 aliphatic heterocycles. The van der Waals surface area contributed by atoms with Crippen molar-refractivity contribution in [1.29, 1.82) is 5.26 Å². The number of aromatic nitrogens is 1. The molecule has 20 heavy (non-hydrogen) atoms. The Hall–Kier alpha value is -2.73. The lowest BCUT2D eigenvalue weighted by Crippen LogP contribution is -2.11. The second-order valence-electron chi connectivity index (χ2n) is 4.35. The van der Waals surface area contributed by atoms with Crippen LogP contribution in [-0.2, 0) is 6.42 Å². The van der Waals surface area contributed by atoms with Crippen LogP contribution in [0.3, 0.4) is 0 Å². The molecule has 3 heteroatoms. The van der Waals surface area contributed by atoms with Gasteiger partial charge in [-0.25, -0.2) is 0 Å². The maximum atomic E-state index is 8.92. The molecule has 0 aliphatic rings. The van der Waals surface area contributed by atoms with Gasteiger partial charge in [0, 0.05) is 11.6 Å². The lowest BCUT2D eigenvalue weighted by atomic mass is 10.1. The van der Waals surface area contributed by atoms with Crippen LogP contribution in [-0.4, -0.2) is 4.68 Å². The Balaban J connectivity index is 2.47. The first-order valence-electron chi connectivity index (χ1n) is 6.48. The summed E-state index contributed by atoms with van der Waals surface area (Å²) in [5.41, 5.74) is 6.33. The van der Waals surface area contributed by atoms with E-state index in [1.807, 2.05) is 60.3 Å². The third-order valence-corrected chi connectivity index (χ3v) is 2.96. The molecule has 2 rings (SSSR count). The minimum absolute atomic E-state index is 0.402. The van der Waals surface area contributed by atoms with Gasteiger partial charge in [-0.3, -0.25) is 10.1 Å². The molecule has 0 bridgehead atoms. The Bertz CT molecular complexity index is 711. The van der Waals surface area contributed by atoms with E-state index in [0.717, 1.165) is 22.2 Å². The number of allylic oxidation sites excluding steroid dienone is 4. The van der Waals surface area contributed by atoms with Crippen molar-refractivity contribution in [2.24, 2.45) is 0 Å². The second-order valence-corrected chi connectivity index (χ2v) is 4.35. The molecule has 0 radical (unpaired) electrons. The summed E-state index contributed by atoms with van der Waals surface area (Å²) in [6.45, 7) is 5.68. The minimum atomic E-state index is 0.402. The molecule has 1 aromatic heterocycles. The van der Waals surface area contributed by atoms with E-state index in [-0.39, 0.29) is 0 Å². The fourth-order valence-electron chi connectivity index (χ4n) is 2.14. The van der Waals surface area contributed by atoms with E-state index in [0.29, 0.717) is 6.42 Å². The molecule has 0 spiro atoms. The Morgan fingerprint density at radius 2 is 2.25 bits per heavy atom. The molecule has 1 heterocycles. The molecule has 2 aromatic rings. The molecule has 0 atom stereocenters. The maximum Gasteiger partial charge on any atom is 0.0699 e. The molecular formula is C17H17N3. The van der Waals surface area contributed by atoms with Gasteiger partial charge >= 0.3 is 0 Å². The molecule has 0 fully saturated rings. The highest BCUT2D eigenvalue weighted by molar-refractivity contribution is 5.84. The van der Waals surface area contributed by atoms with Crippen molar-refractivity contribution < 1.29 is 0 Å². The fourth-order valence-corrected chi connectivity index (χ4v) is 2.14. The third kappa shape index (κ3) is 2.81. The van der Waals surface area contributed by atoms with Crippen molar-refractivity contribution in [2.45, 2.75) is 13.3 Å². The zero-order valence-electron chi connectivity index (χ0n) is 11.5. The predicted octanol–water partition coefficient (Wildman–Crippen LogP) is 3.90. The van der Waals surface area contributed by atoms with Crippen molar-refractivity contribution in [2.75, 3.05) is 5.43 Å². The van der Waals surface area contributed by atoms with Gasteiger partial charge in [0.05, 0.1) is 23.7 Å². The van der Waals surface area contributed by atoms with Gasteiger partial charge in [-0.05, 0) is 30.7 Å². The summed E-state index contributed by atoms with van der Waals surface area (Å²) in [4.78, 5) is 0. The van der Waals surface area contributed by atoms with E-state index in [4.69, 9.17) is 5.26 Å². The smallest absolute Gasteiger partial charge is 0.0699 e. The first-order valence-corrected chi connectivity index (χ1v) is 6.48. The van der Waals surface area contributed by atoms with Crippen LogP contribution in [0.4, 0.5) is 0 Å². The fraction of sp³-hybridized carbons (Fsp3) is 0.118. The number of rotatable bonds is 5. The maximum absolute atomic E-state index is 8.92. The summed E-state index contributed by atoms with van der Waals surface area (Å²) >= 11 is 0. The molecular weight excluding hydrogens is 246 g/mol. The molecule has 0 saturated carbocycles. The molecule has 0 amide bonds. The molecule has 0 unspecified atom stereocenters. The standard InChI is InChI=1S/C17H17N3/c1-3-7-15(8-4-2)19-20-13-14(11-12-18)16-9-5-6-10-17(16)20/h3-10,13,19H,1,11H2,2H3/b8-4-,15-7+. The van der Waals surface area contributed by atoms with Gasteiger partial charge in [0.25, 0.3) is 0 Å². The highest BCUT2D eigenvalue weighted by Gasteiger charge is 2.07. The van der Waals surface area contributed by atoms with E-state index >= 15 is 0 Å². The van der Waals surface area contributed by atoms with Gasteiger partial charge in [0.2, 0.25) is 0 Å². The van der Waals surface area contributed by atoms with Crippen LogP contribution in [0.1, 0.15) is 12.5 Å². The number of nitrogens with one attached hydrogen (secondary N) is 1. The molecule has 100 valence electrons. The minimum Gasteiger partial charge on any atom is -0.294 e. The summed E-state index contributed by atoms with van der Waals surface area (Å²) in [6.07, 6.45) is 9.95. The van der Waals surface area contributed by atoms with Crippen LogP contribution in [0.5, 0.6) is 0 Å². The Kier molecular flexibility index (Phi) is 4.41. The second kappa shape index (κ2) is 6.44. The zero-order valence-corrected chi connectivity index (χ0v) is 11.5. The first-order chi connectivity index (χ1) is 9.80. The number of hydrogen-bond acceptors (Lipinski definition) is 2. The first kappa shape index (κ1) is 13.7. The molecule has 1 aromatic carbocycles. The van der Waals surface area contributed by atoms with Gasteiger partial charge in [-0.15, -0.1) is 0 Å². The van der Waals surface area contributed by atoms with E-state index in [1.165, 1.54) is 0 Å². The highest BCUT2D eigenvalue weighted by Crippen LogP contribution is 2.21. The normalized spacial score (nSPS) is 11.7. The van der Waals surface area contributed by atoms with Gasteiger partial charge in [-0.2, -0.15) is 5.26 Å². The number of fused-ring (bicyclic) bond motifs is 1. The van der Waals surface area contributed by atoms with E-state index in [1.54, 1.807) is 6.08 Å². The van der Waals surface area contributed by atoms with Crippen LogP contribution >= 0.6 is 0 Å². The Morgan fingerprint density at radius 3 is 2.95 bits per heavy atom. The molecule has 0 saturated heterocycles. The van der Waals surface area contributed by atoms with Crippen molar-refractivity contribution in [1.82, 2.24) is 4.68 Å². The van der Waals surface area contributed by atoms with Gasteiger partial charge < -0.3 is 0 Å². The largest absolute Gasteiger partial charge is 0.294 e. The van der Waals surface area contributed by atoms with Crippen molar-refractivity contribution in [3.63, 3.8) is 0 Å². The van der Waals surface area contributed by atoms with Crippen LogP contribution in [0.2, 0.25) is 0 Å². The number of para-hydroxylation sites is 1. The summed E-state index contributed by atoms with van der Waals surface area (Å²) < 4.78 is 1.94. The monoisotopic (exact) mass is 263 g/mol. The van der Waals surface area contributed by atoms with E-state index < -0.39 is 0 Å². The summed E-state index contributed by atoms with van der Waals surface area (Å²) in [5.74, 6) is 0. The van der Waals surface area contributed by atoms with Gasteiger partial charge in [0.15, 0.2) is 0 Å². The topological polar surface area (TPSA) is 40.8 Å². The highest BCUT2D eigenvalue weighted by atomic mass is 15.4. The lowest BCUT2D eigenvalue weighted by Gasteiger charge is -2.09. The van der Waals surface area contributed by atoms with Crippen LogP contribution in [0, 0.1) is 11.3 Å². The average molecular weight is 263 g/mol. The van der Waals surface area contributed by atoms with E-state index in [2.05, 4.69) is 18.1 Å². The molecule has 0 aliphatic carbocycles. The number of hydrogen-bond donors (Lipinski definition) is 1. The van der Waals surface area contributed by atoms with E-state index in [9.17, 15) is 0 Å². The lowest BCUT2D eigenvalue weighted by molar-refractivity contribution is 0.974. The molecule has 1 N–H and O–H groups in total. The van der Waals surface area contributed by atoms with Gasteiger partial charge in [0.1, 0.15) is 0 Å². The summed E-state index contributed by atoms with van der Waals surface area (Å²) in [6, 6.07) is 10.2. The Morgan fingerprint density at radius 1 is 1.45 bits per heavy atom. The van der Waals surface area contributed by atoms with Crippen molar-refractivity contribution in [3.8, 4) is 6.07 Å². The van der Waals surface area contributed by atoms with Crippen molar-refractivity contribution in [3.05, 3.63) is 72.6 Å². The third-order valence-electron chi connectivity index (χ3n) is 2.96. The van der Waals surface area contributed by atoms with Crippen LogP contribution in [0.15, 0.2) is 67.0 Å². The average Bonchev–Trinajstić information content (AvgIpc) is 2.79.